The molecule has 1 heterocycles. The number of hydrogen-bond acceptors (Lipinski definition) is 3. The number of fused-ring (bicyclic) bond motifs is 1. The number of aromatic amines is 1. The molecule has 3 rings (SSSR count). The molecule has 0 aliphatic heterocycles. The van der Waals surface area contributed by atoms with Crippen LogP contribution in [0.3, 0.4) is 0 Å². The maximum absolute atomic E-state index is 13.0. The van der Waals surface area contributed by atoms with Crippen LogP contribution in [0.1, 0.15) is 25.0 Å². The van der Waals surface area contributed by atoms with Crippen molar-refractivity contribution in [2.45, 2.75) is 37.6 Å². The highest BCUT2D eigenvalue weighted by molar-refractivity contribution is 7.89. The Morgan fingerprint density at radius 3 is 2.62 bits per heavy atom. The quantitative estimate of drug-likeness (QED) is 0.692. The van der Waals surface area contributed by atoms with Crippen LogP contribution in [0.4, 0.5) is 0 Å². The Labute approximate surface area is 154 Å². The third kappa shape index (κ3) is 3.76. The fourth-order valence-electron chi connectivity index (χ4n) is 3.20. The number of benzene rings is 2. The van der Waals surface area contributed by atoms with Crippen molar-refractivity contribution in [3.05, 3.63) is 59.8 Å². The van der Waals surface area contributed by atoms with E-state index in [1.54, 1.807) is 12.1 Å². The number of H-pyrrole nitrogens is 1. The van der Waals surface area contributed by atoms with Gasteiger partial charge in [0.15, 0.2) is 0 Å². The highest BCUT2D eigenvalue weighted by Gasteiger charge is 2.29. The number of methoxy groups -OCH3 is 1. The Morgan fingerprint density at radius 2 is 1.88 bits per heavy atom. The van der Waals surface area contributed by atoms with Gasteiger partial charge in [0, 0.05) is 22.6 Å². The Kier molecular flexibility index (Phi) is 4.82. The summed E-state index contributed by atoms with van der Waals surface area (Å²) in [5.74, 6) is 0.339. The van der Waals surface area contributed by atoms with Crippen LogP contribution in [-0.4, -0.2) is 26.1 Å². The number of aryl methyl sites for hydroxylation is 1. The van der Waals surface area contributed by atoms with Crippen LogP contribution in [0.15, 0.2) is 53.6 Å². The van der Waals surface area contributed by atoms with Gasteiger partial charge in [-0.05, 0) is 56.5 Å². The summed E-state index contributed by atoms with van der Waals surface area (Å²) in [4.78, 5) is 3.39. The Bertz CT molecular complexity index is 1040. The number of nitrogens with one attached hydrogen (secondary N) is 2. The maximum atomic E-state index is 13.0. The molecular weight excluding hydrogens is 348 g/mol. The van der Waals surface area contributed by atoms with E-state index in [9.17, 15) is 8.42 Å². The molecule has 0 unspecified atom stereocenters. The topological polar surface area (TPSA) is 71.2 Å². The van der Waals surface area contributed by atoms with Crippen molar-refractivity contribution in [3.63, 3.8) is 0 Å². The standard InChI is InChI=1S/C20H24N2O3S/c1-14-9-10-18(25-4)19(11-14)26(23,24)22-20(2,3)12-15-13-21-17-8-6-5-7-16(15)17/h5-11,13,21-22H,12H2,1-4H3. The van der Waals surface area contributed by atoms with Crippen molar-refractivity contribution in [1.82, 2.24) is 9.71 Å². The minimum absolute atomic E-state index is 0.159. The largest absolute Gasteiger partial charge is 0.495 e. The molecule has 26 heavy (non-hydrogen) atoms. The van der Waals surface area contributed by atoms with Crippen molar-refractivity contribution in [3.8, 4) is 5.75 Å². The van der Waals surface area contributed by atoms with Gasteiger partial charge in [0.25, 0.3) is 0 Å². The van der Waals surface area contributed by atoms with E-state index in [0.717, 1.165) is 22.0 Å². The van der Waals surface area contributed by atoms with E-state index in [2.05, 4.69) is 9.71 Å². The van der Waals surface area contributed by atoms with Crippen LogP contribution < -0.4 is 9.46 Å². The zero-order valence-electron chi connectivity index (χ0n) is 15.5. The molecule has 0 aliphatic rings. The van der Waals surface area contributed by atoms with Gasteiger partial charge in [0.05, 0.1) is 7.11 Å². The number of hydrogen-bond donors (Lipinski definition) is 2. The van der Waals surface area contributed by atoms with Gasteiger partial charge in [-0.1, -0.05) is 24.3 Å². The van der Waals surface area contributed by atoms with Gasteiger partial charge in [-0.25, -0.2) is 13.1 Å². The van der Waals surface area contributed by atoms with Crippen LogP contribution in [0.5, 0.6) is 5.75 Å². The zero-order valence-corrected chi connectivity index (χ0v) is 16.3. The molecule has 0 saturated heterocycles. The lowest BCUT2D eigenvalue weighted by molar-refractivity contribution is 0.399. The van der Waals surface area contributed by atoms with E-state index in [1.807, 2.05) is 57.3 Å². The fourth-order valence-corrected chi connectivity index (χ4v) is 4.87. The van der Waals surface area contributed by atoms with Crippen LogP contribution in [0.25, 0.3) is 10.9 Å². The zero-order chi connectivity index (χ0) is 18.9. The maximum Gasteiger partial charge on any atom is 0.244 e. The molecule has 0 atom stereocenters. The van der Waals surface area contributed by atoms with E-state index < -0.39 is 15.6 Å². The number of sulfonamides is 1. The lowest BCUT2D eigenvalue weighted by Crippen LogP contribution is -2.45. The lowest BCUT2D eigenvalue weighted by Gasteiger charge is -2.26. The van der Waals surface area contributed by atoms with Gasteiger partial charge >= 0.3 is 0 Å². The SMILES string of the molecule is COc1ccc(C)cc1S(=O)(=O)NC(C)(C)Cc1c[nH]c2ccccc12. The first-order valence-electron chi connectivity index (χ1n) is 8.45. The predicted octanol–water partition coefficient (Wildman–Crippen LogP) is 3.78. The molecule has 0 fully saturated rings. The summed E-state index contributed by atoms with van der Waals surface area (Å²) in [6, 6.07) is 13.1. The molecule has 0 bridgehead atoms. The van der Waals surface area contributed by atoms with Crippen molar-refractivity contribution in [2.75, 3.05) is 7.11 Å². The monoisotopic (exact) mass is 372 g/mol. The minimum Gasteiger partial charge on any atom is -0.495 e. The molecule has 0 spiro atoms. The molecule has 0 aliphatic carbocycles. The molecule has 1 aromatic heterocycles. The van der Waals surface area contributed by atoms with Crippen LogP contribution >= 0.6 is 0 Å². The second-order valence-corrected chi connectivity index (χ2v) is 8.83. The Balaban J connectivity index is 1.90. The molecule has 6 heteroatoms. The summed E-state index contributed by atoms with van der Waals surface area (Å²) in [5, 5.41) is 1.10. The summed E-state index contributed by atoms with van der Waals surface area (Å²) in [6.07, 6.45) is 2.50. The molecule has 5 nitrogen and oxygen atoms in total. The van der Waals surface area contributed by atoms with Crippen molar-refractivity contribution < 1.29 is 13.2 Å². The average molecular weight is 372 g/mol. The summed E-state index contributed by atoms with van der Waals surface area (Å²) in [7, 11) is -2.25. The number of ether oxygens (including phenoxy) is 1. The third-order valence-electron chi connectivity index (χ3n) is 4.33. The van der Waals surface area contributed by atoms with Gasteiger partial charge in [0.1, 0.15) is 10.6 Å². The first kappa shape index (κ1) is 18.5. The van der Waals surface area contributed by atoms with Crippen LogP contribution in [0.2, 0.25) is 0 Å². The average Bonchev–Trinajstić information content (AvgIpc) is 2.96. The van der Waals surface area contributed by atoms with Gasteiger partial charge in [-0.3, -0.25) is 0 Å². The Hall–Kier alpha value is -2.31. The fraction of sp³-hybridized carbons (Fsp3) is 0.300. The van der Waals surface area contributed by atoms with E-state index in [4.69, 9.17) is 4.74 Å². The molecule has 3 aromatic rings. The predicted molar refractivity (Wildman–Crippen MR) is 104 cm³/mol. The first-order valence-corrected chi connectivity index (χ1v) is 9.94. The van der Waals surface area contributed by atoms with Crippen LogP contribution in [-0.2, 0) is 16.4 Å². The van der Waals surface area contributed by atoms with Gasteiger partial charge < -0.3 is 9.72 Å². The number of para-hydroxylation sites is 1. The van der Waals surface area contributed by atoms with E-state index >= 15 is 0 Å². The molecular formula is C20H24N2O3S. The van der Waals surface area contributed by atoms with Gasteiger partial charge in [-0.2, -0.15) is 0 Å². The second kappa shape index (κ2) is 6.78. The smallest absolute Gasteiger partial charge is 0.244 e. The summed E-state index contributed by atoms with van der Waals surface area (Å²) < 4.78 is 34.0. The molecule has 0 amide bonds. The molecule has 0 saturated carbocycles. The van der Waals surface area contributed by atoms with Crippen molar-refractivity contribution in [2.24, 2.45) is 0 Å². The van der Waals surface area contributed by atoms with E-state index in [-0.39, 0.29) is 4.90 Å². The summed E-state index contributed by atoms with van der Waals surface area (Å²) >= 11 is 0. The van der Waals surface area contributed by atoms with Gasteiger partial charge in [0.2, 0.25) is 10.0 Å². The normalized spacial score (nSPS) is 12.5. The molecule has 2 N–H and O–H groups in total. The molecule has 138 valence electrons. The van der Waals surface area contributed by atoms with Crippen molar-refractivity contribution in [1.29, 1.82) is 0 Å². The first-order chi connectivity index (χ1) is 12.2. The van der Waals surface area contributed by atoms with E-state index in [0.29, 0.717) is 12.2 Å². The highest BCUT2D eigenvalue weighted by atomic mass is 32.2. The minimum atomic E-state index is -3.72. The summed E-state index contributed by atoms with van der Waals surface area (Å²) in [6.45, 7) is 5.62. The van der Waals surface area contributed by atoms with Crippen molar-refractivity contribution >= 4 is 20.9 Å². The number of aromatic nitrogens is 1. The third-order valence-corrected chi connectivity index (χ3v) is 6.05. The highest BCUT2D eigenvalue weighted by Crippen LogP contribution is 2.28. The van der Waals surface area contributed by atoms with E-state index in [1.165, 1.54) is 7.11 Å². The Morgan fingerprint density at radius 1 is 1.15 bits per heavy atom. The van der Waals surface area contributed by atoms with Crippen LogP contribution in [0, 0.1) is 6.92 Å². The van der Waals surface area contributed by atoms with Gasteiger partial charge in [-0.15, -0.1) is 0 Å². The molecule has 0 radical (unpaired) electrons. The lowest BCUT2D eigenvalue weighted by atomic mass is 9.96. The number of rotatable bonds is 6. The summed E-state index contributed by atoms with van der Waals surface area (Å²) in [5.41, 5.74) is 2.31. The molecule has 2 aromatic carbocycles. The second-order valence-electron chi connectivity index (χ2n) is 7.18.